The molecule has 7 heteroatoms. The molecule has 2 unspecified atom stereocenters. The van der Waals surface area contributed by atoms with Gasteiger partial charge in [0.15, 0.2) is 0 Å². The van der Waals surface area contributed by atoms with Crippen LogP contribution in [0.1, 0.15) is 13.3 Å². The fraction of sp³-hybridized carbons (Fsp3) is 0.538. The van der Waals surface area contributed by atoms with Gasteiger partial charge < -0.3 is 14.8 Å². The first-order valence-electron chi connectivity index (χ1n) is 6.47. The zero-order chi connectivity index (χ0) is 14.8. The monoisotopic (exact) mass is 300 g/mol. The molecule has 2 atom stereocenters. The molecule has 1 aromatic carbocycles. The Labute approximate surface area is 119 Å². The van der Waals surface area contributed by atoms with Crippen molar-refractivity contribution in [3.63, 3.8) is 0 Å². The lowest BCUT2D eigenvalue weighted by atomic mass is 10.0. The highest BCUT2D eigenvalue weighted by Crippen LogP contribution is 2.29. The molecule has 112 valence electrons. The van der Waals surface area contributed by atoms with E-state index in [9.17, 15) is 8.42 Å². The summed E-state index contributed by atoms with van der Waals surface area (Å²) in [4.78, 5) is 0.0654. The Kier molecular flexibility index (Phi) is 4.52. The highest BCUT2D eigenvalue weighted by Gasteiger charge is 2.23. The van der Waals surface area contributed by atoms with Crippen LogP contribution in [0.3, 0.4) is 0 Å². The zero-order valence-corrected chi connectivity index (χ0v) is 12.4. The molecule has 1 aliphatic rings. The van der Waals surface area contributed by atoms with E-state index in [2.05, 4.69) is 5.32 Å². The maximum atomic E-state index is 11.4. The van der Waals surface area contributed by atoms with Crippen LogP contribution in [0.15, 0.2) is 23.1 Å². The number of rotatable bonds is 5. The normalized spacial score (nSPS) is 20.6. The standard InChI is InChI=1S/C13H20N2O4S/c1-9(10-5-6-19-8-10)15-12-7-11(20(14,16)17)3-4-13(12)18-2/h3-4,7,9-10,15H,5-6,8H2,1-2H3,(H2,14,16,17). The summed E-state index contributed by atoms with van der Waals surface area (Å²) < 4.78 is 33.4. The molecule has 1 aliphatic heterocycles. The van der Waals surface area contributed by atoms with Gasteiger partial charge in [0.1, 0.15) is 5.75 Å². The second-order valence-electron chi connectivity index (χ2n) is 4.96. The van der Waals surface area contributed by atoms with Gasteiger partial charge in [-0.05, 0) is 31.5 Å². The molecule has 20 heavy (non-hydrogen) atoms. The van der Waals surface area contributed by atoms with E-state index < -0.39 is 10.0 Å². The summed E-state index contributed by atoms with van der Waals surface area (Å²) in [6.07, 6.45) is 0.991. The van der Waals surface area contributed by atoms with Crippen LogP contribution in [-0.4, -0.2) is 34.8 Å². The summed E-state index contributed by atoms with van der Waals surface area (Å²) in [7, 11) is -2.18. The van der Waals surface area contributed by atoms with E-state index in [1.165, 1.54) is 12.1 Å². The minimum Gasteiger partial charge on any atom is -0.495 e. The van der Waals surface area contributed by atoms with E-state index in [1.54, 1.807) is 13.2 Å². The predicted molar refractivity (Wildman–Crippen MR) is 76.4 cm³/mol. The van der Waals surface area contributed by atoms with E-state index in [4.69, 9.17) is 14.6 Å². The number of anilines is 1. The van der Waals surface area contributed by atoms with Crippen LogP contribution in [0.4, 0.5) is 5.69 Å². The molecule has 1 aromatic rings. The molecule has 0 bridgehead atoms. The van der Waals surface area contributed by atoms with Gasteiger partial charge in [-0.2, -0.15) is 0 Å². The first-order chi connectivity index (χ1) is 9.41. The molecule has 1 heterocycles. The Morgan fingerprint density at radius 1 is 1.50 bits per heavy atom. The summed E-state index contributed by atoms with van der Waals surface area (Å²) in [5.41, 5.74) is 0.624. The molecular formula is C13H20N2O4S. The number of nitrogens with one attached hydrogen (secondary N) is 1. The van der Waals surface area contributed by atoms with Crippen LogP contribution < -0.4 is 15.2 Å². The van der Waals surface area contributed by atoms with Gasteiger partial charge in [0.05, 0.1) is 24.3 Å². The third kappa shape index (κ3) is 3.41. The average molecular weight is 300 g/mol. The molecule has 1 fully saturated rings. The van der Waals surface area contributed by atoms with Crippen LogP contribution in [0, 0.1) is 5.92 Å². The molecule has 0 amide bonds. The van der Waals surface area contributed by atoms with Crippen LogP contribution >= 0.6 is 0 Å². The van der Waals surface area contributed by atoms with Crippen LogP contribution in [0.5, 0.6) is 5.75 Å². The molecule has 1 saturated heterocycles. The van der Waals surface area contributed by atoms with E-state index in [1.807, 2.05) is 6.92 Å². The average Bonchev–Trinajstić information content (AvgIpc) is 2.91. The first kappa shape index (κ1) is 15.1. The highest BCUT2D eigenvalue weighted by molar-refractivity contribution is 7.89. The number of sulfonamides is 1. The summed E-state index contributed by atoms with van der Waals surface area (Å²) in [5, 5.41) is 8.44. The maximum absolute atomic E-state index is 11.4. The number of ether oxygens (including phenoxy) is 2. The second-order valence-corrected chi connectivity index (χ2v) is 6.53. The molecule has 0 spiro atoms. The zero-order valence-electron chi connectivity index (χ0n) is 11.6. The van der Waals surface area contributed by atoms with E-state index in [0.717, 1.165) is 13.0 Å². The lowest BCUT2D eigenvalue weighted by molar-refractivity contribution is 0.183. The largest absolute Gasteiger partial charge is 0.495 e. The topological polar surface area (TPSA) is 90.7 Å². The third-order valence-electron chi connectivity index (χ3n) is 3.55. The Morgan fingerprint density at radius 2 is 2.25 bits per heavy atom. The molecular weight excluding hydrogens is 280 g/mol. The minimum atomic E-state index is -3.73. The molecule has 0 radical (unpaired) electrons. The van der Waals surface area contributed by atoms with Crippen LogP contribution in [0.25, 0.3) is 0 Å². The lowest BCUT2D eigenvalue weighted by Crippen LogP contribution is -2.26. The van der Waals surface area contributed by atoms with Gasteiger partial charge in [-0.1, -0.05) is 0 Å². The van der Waals surface area contributed by atoms with Crippen molar-refractivity contribution in [3.8, 4) is 5.75 Å². The molecule has 0 saturated carbocycles. The molecule has 0 aliphatic carbocycles. The van der Waals surface area contributed by atoms with Gasteiger partial charge >= 0.3 is 0 Å². The number of hydrogen-bond acceptors (Lipinski definition) is 5. The van der Waals surface area contributed by atoms with Gasteiger partial charge in [0, 0.05) is 18.6 Å². The van der Waals surface area contributed by atoms with E-state index >= 15 is 0 Å². The number of primary sulfonamides is 1. The van der Waals surface area contributed by atoms with Gasteiger partial charge in [0.25, 0.3) is 0 Å². The van der Waals surface area contributed by atoms with E-state index in [-0.39, 0.29) is 10.9 Å². The fourth-order valence-corrected chi connectivity index (χ4v) is 2.83. The lowest BCUT2D eigenvalue weighted by Gasteiger charge is -2.22. The van der Waals surface area contributed by atoms with Crippen molar-refractivity contribution in [1.82, 2.24) is 0 Å². The maximum Gasteiger partial charge on any atom is 0.238 e. The minimum absolute atomic E-state index is 0.0654. The SMILES string of the molecule is COc1ccc(S(N)(=O)=O)cc1NC(C)C1CCOC1. The Hall–Kier alpha value is -1.31. The van der Waals surface area contributed by atoms with Crippen molar-refractivity contribution in [1.29, 1.82) is 0 Å². The Balaban J connectivity index is 2.24. The predicted octanol–water partition coefficient (Wildman–Crippen LogP) is 1.18. The quantitative estimate of drug-likeness (QED) is 0.852. The fourth-order valence-electron chi connectivity index (χ4n) is 2.29. The van der Waals surface area contributed by atoms with Gasteiger partial charge in [0.2, 0.25) is 10.0 Å². The molecule has 6 nitrogen and oxygen atoms in total. The summed E-state index contributed by atoms with van der Waals surface area (Å²) >= 11 is 0. The van der Waals surface area contributed by atoms with Gasteiger partial charge in [-0.3, -0.25) is 0 Å². The van der Waals surface area contributed by atoms with Crippen molar-refractivity contribution in [2.24, 2.45) is 11.1 Å². The number of hydrogen-bond donors (Lipinski definition) is 2. The number of benzene rings is 1. The van der Waals surface area contributed by atoms with Crippen molar-refractivity contribution < 1.29 is 17.9 Å². The summed E-state index contributed by atoms with van der Waals surface area (Å²) in [6, 6.07) is 4.69. The Morgan fingerprint density at radius 3 is 2.80 bits per heavy atom. The summed E-state index contributed by atoms with van der Waals surface area (Å²) in [5.74, 6) is 0.987. The number of nitrogens with two attached hydrogens (primary N) is 1. The molecule has 3 N–H and O–H groups in total. The van der Waals surface area contributed by atoms with Crippen LogP contribution in [0.2, 0.25) is 0 Å². The second kappa shape index (κ2) is 5.99. The van der Waals surface area contributed by atoms with Gasteiger partial charge in [-0.15, -0.1) is 0 Å². The highest BCUT2D eigenvalue weighted by atomic mass is 32.2. The number of methoxy groups -OCH3 is 1. The van der Waals surface area contributed by atoms with Crippen LogP contribution in [-0.2, 0) is 14.8 Å². The van der Waals surface area contributed by atoms with Crippen molar-refractivity contribution in [3.05, 3.63) is 18.2 Å². The van der Waals surface area contributed by atoms with Crippen molar-refractivity contribution in [2.75, 3.05) is 25.6 Å². The Bertz CT molecular complexity index is 568. The van der Waals surface area contributed by atoms with Crippen molar-refractivity contribution in [2.45, 2.75) is 24.3 Å². The van der Waals surface area contributed by atoms with E-state index in [0.29, 0.717) is 24.0 Å². The first-order valence-corrected chi connectivity index (χ1v) is 8.01. The molecule has 2 rings (SSSR count). The summed E-state index contributed by atoms with van der Waals surface area (Å²) in [6.45, 7) is 3.53. The van der Waals surface area contributed by atoms with Crippen molar-refractivity contribution >= 4 is 15.7 Å². The molecule has 0 aromatic heterocycles. The smallest absolute Gasteiger partial charge is 0.238 e. The van der Waals surface area contributed by atoms with Gasteiger partial charge in [-0.25, -0.2) is 13.6 Å². The third-order valence-corrected chi connectivity index (χ3v) is 4.47.